The van der Waals surface area contributed by atoms with Crippen LogP contribution in [0, 0.1) is 0 Å². The highest BCUT2D eigenvalue weighted by Gasteiger charge is 1.99. The zero-order valence-electron chi connectivity index (χ0n) is 9.57. The van der Waals surface area contributed by atoms with Crippen molar-refractivity contribution < 1.29 is 19.4 Å². The van der Waals surface area contributed by atoms with Crippen molar-refractivity contribution in [2.75, 3.05) is 13.2 Å². The average molecular weight is 229 g/mol. The molecule has 0 aliphatic rings. The highest BCUT2D eigenvalue weighted by molar-refractivity contribution is 5.91. The Kier molecular flexibility index (Phi) is 12.0. The maximum absolute atomic E-state index is 10.4. The van der Waals surface area contributed by atoms with E-state index in [1.165, 1.54) is 0 Å². The molecular formula is C11H19NO4. The third-order valence-corrected chi connectivity index (χ3v) is 1.44. The van der Waals surface area contributed by atoms with Crippen molar-refractivity contribution in [3.8, 4) is 0 Å². The zero-order chi connectivity index (χ0) is 13.0. The minimum absolute atomic E-state index is 0.259. The maximum atomic E-state index is 10.4. The molecule has 0 saturated heterocycles. The van der Waals surface area contributed by atoms with E-state index in [9.17, 15) is 9.59 Å². The van der Waals surface area contributed by atoms with Crippen LogP contribution < -0.4 is 5.73 Å². The highest BCUT2D eigenvalue weighted by Crippen LogP contribution is 1.92. The van der Waals surface area contributed by atoms with E-state index in [1.807, 2.05) is 0 Å². The Labute approximate surface area is 95.6 Å². The summed E-state index contributed by atoms with van der Waals surface area (Å²) in [6, 6.07) is 0. The number of ether oxygens (including phenoxy) is 1. The van der Waals surface area contributed by atoms with Crippen LogP contribution in [-0.2, 0) is 14.3 Å². The van der Waals surface area contributed by atoms with Crippen molar-refractivity contribution in [2.24, 2.45) is 5.73 Å². The van der Waals surface area contributed by atoms with Gasteiger partial charge in [-0.15, -0.1) is 0 Å². The molecular weight excluding hydrogens is 210 g/mol. The third-order valence-electron chi connectivity index (χ3n) is 1.44. The Balaban J connectivity index is 0. The Bertz CT molecular complexity index is 248. The van der Waals surface area contributed by atoms with E-state index in [0.717, 1.165) is 18.9 Å². The summed E-state index contributed by atoms with van der Waals surface area (Å²) in [4.78, 5) is 19.7. The van der Waals surface area contributed by atoms with E-state index in [0.29, 0.717) is 12.2 Å². The van der Waals surface area contributed by atoms with Gasteiger partial charge in [0, 0.05) is 18.3 Å². The standard InChI is InChI=1S/C8H15NO2.C3H4O2/c1-3-4-5-11-6-7(2)8(9)10;1-2-3(4)5/h2-6H2,1H3,(H2,9,10);2H,1H2,(H,4,5). The molecule has 92 valence electrons. The molecule has 0 atom stereocenters. The number of carbonyl (C=O) groups is 2. The van der Waals surface area contributed by atoms with Gasteiger partial charge in [0.2, 0.25) is 5.91 Å². The molecule has 0 rings (SSSR count). The number of primary amides is 1. The fraction of sp³-hybridized carbons (Fsp3) is 0.455. The molecule has 0 saturated carbocycles. The zero-order valence-corrected chi connectivity index (χ0v) is 9.57. The lowest BCUT2D eigenvalue weighted by Gasteiger charge is -2.02. The highest BCUT2D eigenvalue weighted by atomic mass is 16.5. The summed E-state index contributed by atoms with van der Waals surface area (Å²) in [5, 5.41) is 7.60. The van der Waals surface area contributed by atoms with Crippen LogP contribution in [0.25, 0.3) is 0 Å². The number of hydrogen-bond donors (Lipinski definition) is 2. The summed E-state index contributed by atoms with van der Waals surface area (Å²) < 4.78 is 5.10. The van der Waals surface area contributed by atoms with Gasteiger partial charge in [-0.1, -0.05) is 26.5 Å². The van der Waals surface area contributed by atoms with Crippen molar-refractivity contribution in [2.45, 2.75) is 19.8 Å². The third kappa shape index (κ3) is 14.9. The number of carbonyl (C=O) groups excluding carboxylic acids is 1. The number of amides is 1. The second-order valence-electron chi connectivity index (χ2n) is 2.92. The molecule has 0 spiro atoms. The first kappa shape index (κ1) is 16.8. The lowest BCUT2D eigenvalue weighted by Crippen LogP contribution is -2.17. The molecule has 1 amide bonds. The van der Waals surface area contributed by atoms with Gasteiger partial charge < -0.3 is 15.6 Å². The molecule has 0 aromatic rings. The van der Waals surface area contributed by atoms with E-state index < -0.39 is 11.9 Å². The van der Waals surface area contributed by atoms with Crippen LogP contribution in [0.4, 0.5) is 0 Å². The van der Waals surface area contributed by atoms with E-state index >= 15 is 0 Å². The molecule has 0 fully saturated rings. The maximum Gasteiger partial charge on any atom is 0.327 e. The van der Waals surface area contributed by atoms with Crippen molar-refractivity contribution >= 4 is 11.9 Å². The molecule has 0 radical (unpaired) electrons. The monoisotopic (exact) mass is 229 g/mol. The number of aliphatic carboxylic acids is 1. The predicted octanol–water partition coefficient (Wildman–Crippen LogP) is 1.10. The average Bonchev–Trinajstić information content (AvgIpc) is 2.24. The quantitative estimate of drug-likeness (QED) is 0.505. The van der Waals surface area contributed by atoms with Crippen molar-refractivity contribution in [1.82, 2.24) is 0 Å². The normalized spacial score (nSPS) is 8.56. The summed E-state index contributed by atoms with van der Waals surface area (Å²) in [5.74, 6) is -1.47. The molecule has 0 aliphatic carbocycles. The SMILES string of the molecule is C=C(COCCCC)C(N)=O.C=CC(=O)O. The number of carboxylic acid groups (broad SMARTS) is 1. The number of hydrogen-bond acceptors (Lipinski definition) is 3. The predicted molar refractivity (Wildman–Crippen MR) is 61.9 cm³/mol. The minimum Gasteiger partial charge on any atom is -0.478 e. The van der Waals surface area contributed by atoms with Gasteiger partial charge in [-0.25, -0.2) is 4.79 Å². The molecule has 0 bridgehead atoms. The van der Waals surface area contributed by atoms with Gasteiger partial charge >= 0.3 is 5.97 Å². The smallest absolute Gasteiger partial charge is 0.327 e. The van der Waals surface area contributed by atoms with Gasteiger partial charge in [0.1, 0.15) is 0 Å². The van der Waals surface area contributed by atoms with Crippen LogP contribution in [-0.4, -0.2) is 30.2 Å². The van der Waals surface area contributed by atoms with Crippen LogP contribution in [0.2, 0.25) is 0 Å². The van der Waals surface area contributed by atoms with Crippen molar-refractivity contribution in [3.05, 3.63) is 24.8 Å². The van der Waals surface area contributed by atoms with Gasteiger partial charge in [-0.2, -0.15) is 0 Å². The topological polar surface area (TPSA) is 89.6 Å². The van der Waals surface area contributed by atoms with Gasteiger partial charge in [0.15, 0.2) is 0 Å². The lowest BCUT2D eigenvalue weighted by atomic mass is 10.3. The van der Waals surface area contributed by atoms with E-state index in [1.54, 1.807) is 0 Å². The first-order valence-corrected chi connectivity index (χ1v) is 4.86. The summed E-state index contributed by atoms with van der Waals surface area (Å²) >= 11 is 0. The molecule has 5 heteroatoms. The second kappa shape index (κ2) is 11.5. The molecule has 3 N–H and O–H groups in total. The van der Waals surface area contributed by atoms with Crippen LogP contribution >= 0.6 is 0 Å². The number of nitrogens with two attached hydrogens (primary N) is 1. The lowest BCUT2D eigenvalue weighted by molar-refractivity contribution is -0.131. The Morgan fingerprint density at radius 1 is 1.50 bits per heavy atom. The summed E-state index contributed by atoms with van der Waals surface area (Å²) in [6.45, 7) is 9.42. The van der Waals surface area contributed by atoms with Gasteiger partial charge in [-0.3, -0.25) is 4.79 Å². The minimum atomic E-state index is -0.981. The fourth-order valence-corrected chi connectivity index (χ4v) is 0.513. The van der Waals surface area contributed by atoms with Gasteiger partial charge in [-0.05, 0) is 6.42 Å². The second-order valence-corrected chi connectivity index (χ2v) is 2.92. The van der Waals surface area contributed by atoms with Crippen LogP contribution in [0.3, 0.4) is 0 Å². The molecule has 0 aromatic carbocycles. The number of rotatable bonds is 7. The summed E-state index contributed by atoms with van der Waals surface area (Å²) in [6.07, 6.45) is 2.93. The van der Waals surface area contributed by atoms with E-state index in [4.69, 9.17) is 15.6 Å². The van der Waals surface area contributed by atoms with Crippen LogP contribution in [0.1, 0.15) is 19.8 Å². The van der Waals surface area contributed by atoms with Crippen molar-refractivity contribution in [1.29, 1.82) is 0 Å². The Hall–Kier alpha value is -1.62. The number of carboxylic acids is 1. The summed E-state index contributed by atoms with van der Waals surface area (Å²) in [7, 11) is 0. The molecule has 5 nitrogen and oxygen atoms in total. The van der Waals surface area contributed by atoms with E-state index in [-0.39, 0.29) is 6.61 Å². The van der Waals surface area contributed by atoms with Crippen molar-refractivity contribution in [3.63, 3.8) is 0 Å². The molecule has 0 heterocycles. The molecule has 0 aromatic heterocycles. The summed E-state index contributed by atoms with van der Waals surface area (Å²) in [5.41, 5.74) is 5.27. The first-order chi connectivity index (χ1) is 7.45. The van der Waals surface area contributed by atoms with Gasteiger partial charge in [0.05, 0.1) is 6.61 Å². The Morgan fingerprint density at radius 3 is 2.31 bits per heavy atom. The fourth-order valence-electron chi connectivity index (χ4n) is 0.513. The van der Waals surface area contributed by atoms with Crippen LogP contribution in [0.5, 0.6) is 0 Å². The Morgan fingerprint density at radius 2 is 2.00 bits per heavy atom. The molecule has 16 heavy (non-hydrogen) atoms. The first-order valence-electron chi connectivity index (χ1n) is 4.86. The largest absolute Gasteiger partial charge is 0.478 e. The number of unbranched alkanes of at least 4 members (excludes halogenated alkanes) is 1. The van der Waals surface area contributed by atoms with E-state index in [2.05, 4.69) is 20.1 Å². The van der Waals surface area contributed by atoms with Gasteiger partial charge in [0.25, 0.3) is 0 Å². The molecule has 0 unspecified atom stereocenters. The van der Waals surface area contributed by atoms with Crippen LogP contribution in [0.15, 0.2) is 24.8 Å². The molecule has 0 aliphatic heterocycles.